The Balaban J connectivity index is 2.08. The summed E-state index contributed by atoms with van der Waals surface area (Å²) in [6.07, 6.45) is 2.79. The summed E-state index contributed by atoms with van der Waals surface area (Å²) >= 11 is 0. The Hall–Kier alpha value is -2.27. The Kier molecular flexibility index (Phi) is 6.03. The minimum atomic E-state index is 0.539. The number of aromatic nitrogens is 1. The third-order valence-corrected chi connectivity index (χ3v) is 3.16. The first-order valence-corrected chi connectivity index (χ1v) is 7.44. The van der Waals surface area contributed by atoms with Crippen LogP contribution in [0.2, 0.25) is 0 Å². The second-order valence-electron chi connectivity index (χ2n) is 4.80. The molecule has 2 aromatic rings. The number of fused-ring (bicyclic) bond motifs is 1. The standard InChI is InChI=1S/C17H21N3O2/c1-3-9-21-10-11-22-14-6-8-16-13(12-14)5-7-17(19-16)15(4-2)20-18/h4-8,12,18H,3,9-11H2,1-2H3/b15-4-,20-18?. The van der Waals surface area contributed by atoms with Crippen molar-refractivity contribution in [1.82, 2.24) is 4.98 Å². The van der Waals surface area contributed by atoms with Gasteiger partial charge in [0.1, 0.15) is 18.1 Å². The number of hydrogen-bond donors (Lipinski definition) is 1. The van der Waals surface area contributed by atoms with Crippen LogP contribution in [0.5, 0.6) is 5.75 Å². The molecule has 1 N–H and O–H groups in total. The molecule has 0 aliphatic rings. The highest BCUT2D eigenvalue weighted by Crippen LogP contribution is 2.22. The Morgan fingerprint density at radius 3 is 2.82 bits per heavy atom. The SMILES string of the molecule is C/C=C(\N=N)c1ccc2cc(OCCOCCC)ccc2n1. The van der Waals surface area contributed by atoms with Gasteiger partial charge in [0.2, 0.25) is 0 Å². The van der Waals surface area contributed by atoms with Gasteiger partial charge in [-0.25, -0.2) is 10.5 Å². The molecule has 0 saturated carbocycles. The fourth-order valence-corrected chi connectivity index (χ4v) is 2.07. The van der Waals surface area contributed by atoms with Gasteiger partial charge in [-0.05, 0) is 37.6 Å². The summed E-state index contributed by atoms with van der Waals surface area (Å²) in [6, 6.07) is 9.60. The molecular weight excluding hydrogens is 278 g/mol. The van der Waals surface area contributed by atoms with E-state index in [9.17, 15) is 0 Å². The fraction of sp³-hybridized carbons (Fsp3) is 0.353. The van der Waals surface area contributed by atoms with E-state index in [1.165, 1.54) is 0 Å². The third kappa shape index (κ3) is 4.11. The smallest absolute Gasteiger partial charge is 0.120 e. The topological polar surface area (TPSA) is 67.6 Å². The second-order valence-corrected chi connectivity index (χ2v) is 4.80. The van der Waals surface area contributed by atoms with Crippen molar-refractivity contribution in [3.63, 3.8) is 0 Å². The quantitative estimate of drug-likeness (QED) is 0.579. The molecule has 1 aromatic carbocycles. The molecule has 0 spiro atoms. The number of rotatable bonds is 8. The minimum Gasteiger partial charge on any atom is -0.491 e. The number of benzene rings is 1. The summed E-state index contributed by atoms with van der Waals surface area (Å²) in [6.45, 7) is 5.83. The van der Waals surface area contributed by atoms with Gasteiger partial charge in [0.25, 0.3) is 0 Å². The van der Waals surface area contributed by atoms with E-state index in [0.29, 0.717) is 24.6 Å². The lowest BCUT2D eigenvalue weighted by atomic mass is 10.1. The molecule has 1 aromatic heterocycles. The molecule has 22 heavy (non-hydrogen) atoms. The highest BCUT2D eigenvalue weighted by atomic mass is 16.5. The first-order chi connectivity index (χ1) is 10.8. The fourth-order valence-electron chi connectivity index (χ4n) is 2.07. The van der Waals surface area contributed by atoms with Crippen molar-refractivity contribution in [1.29, 1.82) is 5.53 Å². The molecule has 0 unspecified atom stereocenters. The normalized spacial score (nSPS) is 11.6. The van der Waals surface area contributed by atoms with Crippen molar-refractivity contribution in [2.45, 2.75) is 20.3 Å². The van der Waals surface area contributed by atoms with Crippen molar-refractivity contribution in [3.05, 3.63) is 42.1 Å². The van der Waals surface area contributed by atoms with Crippen molar-refractivity contribution in [2.24, 2.45) is 5.11 Å². The third-order valence-electron chi connectivity index (χ3n) is 3.16. The molecular formula is C17H21N3O2. The van der Waals surface area contributed by atoms with E-state index in [1.807, 2.05) is 37.3 Å². The van der Waals surface area contributed by atoms with Gasteiger partial charge in [0.15, 0.2) is 0 Å². The average molecular weight is 299 g/mol. The van der Waals surface area contributed by atoms with E-state index in [-0.39, 0.29) is 0 Å². The van der Waals surface area contributed by atoms with Crippen LogP contribution in [-0.4, -0.2) is 24.8 Å². The zero-order chi connectivity index (χ0) is 15.8. The number of allylic oxidation sites excluding steroid dienone is 1. The van der Waals surface area contributed by atoms with E-state index in [1.54, 1.807) is 6.08 Å². The number of pyridine rings is 1. The van der Waals surface area contributed by atoms with Crippen molar-refractivity contribution in [3.8, 4) is 5.75 Å². The first-order valence-electron chi connectivity index (χ1n) is 7.44. The lowest BCUT2D eigenvalue weighted by Crippen LogP contribution is -2.07. The number of nitrogens with one attached hydrogen (secondary N) is 1. The van der Waals surface area contributed by atoms with Crippen LogP contribution >= 0.6 is 0 Å². The van der Waals surface area contributed by atoms with Gasteiger partial charge in [-0.15, -0.1) is 0 Å². The number of hydrogen-bond acceptors (Lipinski definition) is 5. The molecule has 5 nitrogen and oxygen atoms in total. The van der Waals surface area contributed by atoms with Crippen LogP contribution in [0.3, 0.4) is 0 Å². The molecule has 0 aliphatic carbocycles. The van der Waals surface area contributed by atoms with E-state index in [0.717, 1.165) is 29.7 Å². The Morgan fingerprint density at radius 2 is 2.09 bits per heavy atom. The summed E-state index contributed by atoms with van der Waals surface area (Å²) in [4.78, 5) is 4.52. The highest BCUT2D eigenvalue weighted by molar-refractivity contribution is 5.82. The van der Waals surface area contributed by atoms with Crippen LogP contribution in [0, 0.1) is 5.53 Å². The Bertz CT molecular complexity index is 668. The maximum absolute atomic E-state index is 7.15. The number of nitrogens with zero attached hydrogens (tertiary/aromatic N) is 2. The molecule has 0 fully saturated rings. The van der Waals surface area contributed by atoms with E-state index >= 15 is 0 Å². The van der Waals surface area contributed by atoms with Gasteiger partial charge in [0.05, 0.1) is 17.8 Å². The van der Waals surface area contributed by atoms with Gasteiger partial charge < -0.3 is 9.47 Å². The van der Waals surface area contributed by atoms with Crippen molar-refractivity contribution >= 4 is 16.6 Å². The molecule has 0 amide bonds. The molecule has 0 atom stereocenters. The lowest BCUT2D eigenvalue weighted by Gasteiger charge is -2.08. The van der Waals surface area contributed by atoms with Crippen molar-refractivity contribution < 1.29 is 9.47 Å². The van der Waals surface area contributed by atoms with E-state index in [4.69, 9.17) is 15.0 Å². The van der Waals surface area contributed by atoms with Gasteiger partial charge in [-0.1, -0.05) is 19.1 Å². The summed E-state index contributed by atoms with van der Waals surface area (Å²) in [5.74, 6) is 0.804. The first kappa shape index (κ1) is 16.1. The minimum absolute atomic E-state index is 0.539. The zero-order valence-electron chi connectivity index (χ0n) is 13.0. The van der Waals surface area contributed by atoms with Crippen LogP contribution < -0.4 is 4.74 Å². The molecule has 1 heterocycles. The van der Waals surface area contributed by atoms with E-state index in [2.05, 4.69) is 17.0 Å². The average Bonchev–Trinajstić information content (AvgIpc) is 2.56. The largest absolute Gasteiger partial charge is 0.491 e. The second kappa shape index (κ2) is 8.24. The van der Waals surface area contributed by atoms with Crippen molar-refractivity contribution in [2.75, 3.05) is 19.8 Å². The van der Waals surface area contributed by atoms with Gasteiger partial charge in [-0.3, -0.25) is 0 Å². The molecule has 2 rings (SSSR count). The summed E-state index contributed by atoms with van der Waals surface area (Å²) < 4.78 is 11.1. The number of ether oxygens (including phenoxy) is 2. The van der Waals surface area contributed by atoms with Crippen LogP contribution in [0.25, 0.3) is 16.6 Å². The van der Waals surface area contributed by atoms with Gasteiger partial charge in [0, 0.05) is 12.0 Å². The highest BCUT2D eigenvalue weighted by Gasteiger charge is 2.04. The molecule has 5 heteroatoms. The zero-order valence-corrected chi connectivity index (χ0v) is 13.0. The molecule has 116 valence electrons. The van der Waals surface area contributed by atoms with Crippen LogP contribution in [0.4, 0.5) is 0 Å². The van der Waals surface area contributed by atoms with Crippen LogP contribution in [0.15, 0.2) is 41.5 Å². The van der Waals surface area contributed by atoms with Crippen LogP contribution in [-0.2, 0) is 4.74 Å². The van der Waals surface area contributed by atoms with Gasteiger partial charge in [-0.2, -0.15) is 5.11 Å². The molecule has 0 saturated heterocycles. The monoisotopic (exact) mass is 299 g/mol. The van der Waals surface area contributed by atoms with Crippen LogP contribution in [0.1, 0.15) is 26.0 Å². The maximum atomic E-state index is 7.15. The maximum Gasteiger partial charge on any atom is 0.120 e. The summed E-state index contributed by atoms with van der Waals surface area (Å²) in [5.41, 5.74) is 9.27. The molecule has 0 aliphatic heterocycles. The summed E-state index contributed by atoms with van der Waals surface area (Å²) in [5, 5.41) is 4.47. The molecule has 0 bridgehead atoms. The molecule has 0 radical (unpaired) electrons. The van der Waals surface area contributed by atoms with Gasteiger partial charge >= 0.3 is 0 Å². The van der Waals surface area contributed by atoms with E-state index < -0.39 is 0 Å². The Labute approximate surface area is 130 Å². The predicted octanol–water partition coefficient (Wildman–Crippen LogP) is 4.43. The Morgan fingerprint density at radius 1 is 1.23 bits per heavy atom. The lowest BCUT2D eigenvalue weighted by molar-refractivity contribution is 0.101. The predicted molar refractivity (Wildman–Crippen MR) is 87.1 cm³/mol. The summed E-state index contributed by atoms with van der Waals surface area (Å²) in [7, 11) is 0.